The molecule has 0 aliphatic heterocycles. The maximum absolute atomic E-state index is 11.7. The van der Waals surface area contributed by atoms with Crippen molar-refractivity contribution in [2.24, 2.45) is 0 Å². The largest absolute Gasteiger partial charge is 0.384 e. The Morgan fingerprint density at radius 2 is 2.07 bits per heavy atom. The quantitative estimate of drug-likeness (QED) is 0.678. The highest BCUT2D eigenvalue weighted by atomic mass is 19.1. The van der Waals surface area contributed by atoms with Crippen molar-refractivity contribution in [3.05, 3.63) is 48.4 Å². The van der Waals surface area contributed by atoms with Crippen molar-refractivity contribution in [3.63, 3.8) is 0 Å². The first-order valence-electron chi connectivity index (χ1n) is 3.84. The predicted octanol–water partition coefficient (Wildman–Crippen LogP) is 1.96. The summed E-state index contributed by atoms with van der Waals surface area (Å²) in [5, 5.41) is 0. The Morgan fingerprint density at radius 1 is 1.29 bits per heavy atom. The number of nitrogens with zero attached hydrogens (tertiary/aromatic N) is 1. The van der Waals surface area contributed by atoms with Gasteiger partial charge in [-0.25, -0.2) is 9.37 Å². The molecule has 0 amide bonds. The summed E-state index contributed by atoms with van der Waals surface area (Å²) in [4.78, 5) is 5.78. The standard InChI is InChI=1S/C5H6N2.C4H3F2N/c6-5-3-1-2-4-7-5;5-3-1-4(6)7-2-3/h1-4H,(H2,6,7);1-2,7H. The van der Waals surface area contributed by atoms with Crippen LogP contribution in [0.2, 0.25) is 0 Å². The fourth-order valence-electron chi connectivity index (χ4n) is 0.718. The monoisotopic (exact) mass is 197 g/mol. The molecule has 2 aromatic heterocycles. The van der Waals surface area contributed by atoms with Crippen molar-refractivity contribution < 1.29 is 8.78 Å². The van der Waals surface area contributed by atoms with E-state index in [1.165, 1.54) is 0 Å². The van der Waals surface area contributed by atoms with Crippen LogP contribution in [-0.4, -0.2) is 9.97 Å². The van der Waals surface area contributed by atoms with E-state index in [0.29, 0.717) is 5.82 Å². The van der Waals surface area contributed by atoms with Crippen LogP contribution in [0, 0.1) is 11.8 Å². The average molecular weight is 197 g/mol. The Bertz CT molecular complexity index is 356. The molecule has 2 aromatic rings. The van der Waals surface area contributed by atoms with E-state index >= 15 is 0 Å². The molecule has 0 radical (unpaired) electrons. The number of nitrogens with two attached hydrogens (primary N) is 1. The van der Waals surface area contributed by atoms with Gasteiger partial charge in [0.05, 0.1) is 0 Å². The van der Waals surface area contributed by atoms with E-state index in [4.69, 9.17) is 5.73 Å². The molecule has 14 heavy (non-hydrogen) atoms. The van der Waals surface area contributed by atoms with Gasteiger partial charge in [-0.15, -0.1) is 0 Å². The summed E-state index contributed by atoms with van der Waals surface area (Å²) in [6.45, 7) is 0. The van der Waals surface area contributed by atoms with Gasteiger partial charge in [-0.05, 0) is 12.1 Å². The van der Waals surface area contributed by atoms with Gasteiger partial charge in [-0.2, -0.15) is 4.39 Å². The molecule has 0 atom stereocenters. The van der Waals surface area contributed by atoms with Gasteiger partial charge in [0.15, 0.2) is 5.95 Å². The molecule has 3 nitrogen and oxygen atoms in total. The number of H-pyrrole nitrogens is 1. The third-order valence-electron chi connectivity index (χ3n) is 1.30. The zero-order valence-electron chi connectivity index (χ0n) is 7.24. The van der Waals surface area contributed by atoms with Crippen LogP contribution in [0.15, 0.2) is 36.7 Å². The molecular formula is C9H9F2N3. The summed E-state index contributed by atoms with van der Waals surface area (Å²) < 4.78 is 23.3. The number of anilines is 1. The van der Waals surface area contributed by atoms with Crippen LogP contribution in [0.25, 0.3) is 0 Å². The highest BCUT2D eigenvalue weighted by molar-refractivity contribution is 5.25. The second-order valence-corrected chi connectivity index (χ2v) is 2.42. The molecule has 5 heteroatoms. The average Bonchev–Trinajstić information content (AvgIpc) is 2.52. The first-order chi connectivity index (χ1) is 6.68. The molecular weight excluding hydrogens is 188 g/mol. The second kappa shape index (κ2) is 4.96. The van der Waals surface area contributed by atoms with Crippen molar-refractivity contribution in [3.8, 4) is 0 Å². The minimum Gasteiger partial charge on any atom is -0.384 e. The second-order valence-electron chi connectivity index (χ2n) is 2.42. The Labute approximate surface area is 79.6 Å². The minimum absolute atomic E-state index is 0.572. The summed E-state index contributed by atoms with van der Waals surface area (Å²) in [6.07, 6.45) is 2.62. The van der Waals surface area contributed by atoms with E-state index < -0.39 is 11.8 Å². The number of nitrogens with one attached hydrogen (secondary N) is 1. The van der Waals surface area contributed by atoms with Crippen LogP contribution in [0.3, 0.4) is 0 Å². The van der Waals surface area contributed by atoms with E-state index in [0.717, 1.165) is 12.3 Å². The zero-order chi connectivity index (χ0) is 10.4. The number of aromatic nitrogens is 2. The van der Waals surface area contributed by atoms with Crippen molar-refractivity contribution >= 4 is 5.82 Å². The lowest BCUT2D eigenvalue weighted by molar-refractivity contribution is 0.585. The van der Waals surface area contributed by atoms with Crippen LogP contribution >= 0.6 is 0 Å². The summed E-state index contributed by atoms with van der Waals surface area (Å²) in [5.74, 6) is -0.641. The molecule has 0 spiro atoms. The molecule has 0 aliphatic carbocycles. The molecule has 0 saturated heterocycles. The number of pyridine rings is 1. The maximum atomic E-state index is 11.7. The number of rotatable bonds is 0. The molecule has 2 heterocycles. The van der Waals surface area contributed by atoms with Gasteiger partial charge >= 0.3 is 0 Å². The van der Waals surface area contributed by atoms with Crippen LogP contribution in [0.4, 0.5) is 14.6 Å². The van der Waals surface area contributed by atoms with E-state index in [2.05, 4.69) is 4.98 Å². The predicted molar refractivity (Wildman–Crippen MR) is 49.4 cm³/mol. The Kier molecular flexibility index (Phi) is 3.60. The molecule has 2 rings (SSSR count). The fourth-order valence-corrected chi connectivity index (χ4v) is 0.718. The first kappa shape index (κ1) is 10.2. The van der Waals surface area contributed by atoms with Gasteiger partial charge in [-0.1, -0.05) is 6.07 Å². The SMILES string of the molecule is Fc1c[nH]c(F)c1.Nc1ccccn1. The molecule has 3 N–H and O–H groups in total. The molecule has 0 bridgehead atoms. The van der Waals surface area contributed by atoms with Crippen molar-refractivity contribution in [2.75, 3.05) is 5.73 Å². The third-order valence-corrected chi connectivity index (χ3v) is 1.30. The van der Waals surface area contributed by atoms with Gasteiger partial charge in [0.2, 0.25) is 0 Å². The van der Waals surface area contributed by atoms with E-state index in [1.807, 2.05) is 17.1 Å². The van der Waals surface area contributed by atoms with Gasteiger partial charge in [0, 0.05) is 18.5 Å². The van der Waals surface area contributed by atoms with Crippen LogP contribution in [-0.2, 0) is 0 Å². The Balaban J connectivity index is 0.000000140. The summed E-state index contributed by atoms with van der Waals surface area (Å²) in [5.41, 5.74) is 5.25. The lowest BCUT2D eigenvalue weighted by Crippen LogP contribution is -1.85. The topological polar surface area (TPSA) is 54.7 Å². The smallest absolute Gasteiger partial charge is 0.194 e. The lowest BCUT2D eigenvalue weighted by atomic mass is 10.5. The van der Waals surface area contributed by atoms with E-state index in [9.17, 15) is 8.78 Å². The summed E-state index contributed by atoms with van der Waals surface area (Å²) >= 11 is 0. The fraction of sp³-hybridized carbons (Fsp3) is 0. The summed E-state index contributed by atoms with van der Waals surface area (Å²) in [7, 11) is 0. The molecule has 0 saturated carbocycles. The van der Waals surface area contributed by atoms with Crippen molar-refractivity contribution in [1.29, 1.82) is 0 Å². The highest BCUT2D eigenvalue weighted by Crippen LogP contribution is 1.96. The normalized spacial score (nSPS) is 9.00. The Hall–Kier alpha value is -1.91. The van der Waals surface area contributed by atoms with Crippen LogP contribution < -0.4 is 5.73 Å². The summed E-state index contributed by atoms with van der Waals surface area (Å²) in [6, 6.07) is 6.21. The van der Waals surface area contributed by atoms with Crippen molar-refractivity contribution in [1.82, 2.24) is 9.97 Å². The lowest BCUT2D eigenvalue weighted by Gasteiger charge is -1.82. The highest BCUT2D eigenvalue weighted by Gasteiger charge is 1.91. The number of hydrogen-bond donors (Lipinski definition) is 2. The maximum Gasteiger partial charge on any atom is 0.194 e. The molecule has 0 aliphatic rings. The third kappa shape index (κ3) is 3.66. The van der Waals surface area contributed by atoms with Gasteiger partial charge in [-0.3, -0.25) is 0 Å². The number of aromatic amines is 1. The zero-order valence-corrected chi connectivity index (χ0v) is 7.24. The van der Waals surface area contributed by atoms with E-state index in [-0.39, 0.29) is 0 Å². The molecule has 74 valence electrons. The van der Waals surface area contributed by atoms with Crippen LogP contribution in [0.1, 0.15) is 0 Å². The number of nitrogen functional groups attached to an aromatic ring is 1. The number of halogens is 2. The number of hydrogen-bond acceptors (Lipinski definition) is 2. The Morgan fingerprint density at radius 3 is 2.29 bits per heavy atom. The first-order valence-corrected chi connectivity index (χ1v) is 3.84. The van der Waals surface area contributed by atoms with Crippen molar-refractivity contribution in [2.45, 2.75) is 0 Å². The van der Waals surface area contributed by atoms with Gasteiger partial charge in [0.25, 0.3) is 0 Å². The van der Waals surface area contributed by atoms with Gasteiger partial charge in [0.1, 0.15) is 11.6 Å². The van der Waals surface area contributed by atoms with Crippen LogP contribution in [0.5, 0.6) is 0 Å². The van der Waals surface area contributed by atoms with E-state index in [1.54, 1.807) is 12.3 Å². The molecule has 0 unspecified atom stereocenters. The molecule has 0 fully saturated rings. The van der Waals surface area contributed by atoms with Gasteiger partial charge < -0.3 is 10.7 Å². The molecule has 0 aromatic carbocycles. The minimum atomic E-state index is -0.641.